The van der Waals surface area contributed by atoms with Crippen molar-refractivity contribution < 1.29 is 4.79 Å². The average Bonchev–Trinajstić information content (AvgIpc) is 3.35. The Bertz CT molecular complexity index is 1310. The molecule has 152 valence electrons. The number of aryl methyl sites for hydroxylation is 1. The fraction of sp³-hybridized carbons (Fsp3) is 0.0400. The molecule has 0 spiro atoms. The van der Waals surface area contributed by atoms with E-state index in [4.69, 9.17) is 0 Å². The average molecular weight is 471 g/mol. The smallest absolute Gasteiger partial charge is 0.258 e. The molecule has 5 nitrogen and oxygen atoms in total. The van der Waals surface area contributed by atoms with Crippen LogP contribution in [0, 0.1) is 0 Å². The Morgan fingerprint density at radius 1 is 1.03 bits per heavy atom. The van der Waals surface area contributed by atoms with E-state index in [1.807, 2.05) is 90.6 Å². The molecule has 0 unspecified atom stereocenters. The van der Waals surface area contributed by atoms with E-state index in [-0.39, 0.29) is 5.91 Å². The van der Waals surface area contributed by atoms with E-state index in [9.17, 15) is 4.79 Å². The van der Waals surface area contributed by atoms with Gasteiger partial charge >= 0.3 is 0 Å². The number of rotatable bonds is 4. The van der Waals surface area contributed by atoms with Crippen LogP contribution < -0.4 is 10.6 Å². The molecule has 0 aliphatic carbocycles. The summed E-state index contributed by atoms with van der Waals surface area (Å²) in [6.07, 6.45) is 3.71. The van der Waals surface area contributed by atoms with Crippen LogP contribution in [0.25, 0.3) is 22.7 Å². The zero-order valence-electron chi connectivity index (χ0n) is 16.8. The summed E-state index contributed by atoms with van der Waals surface area (Å²) < 4.78 is 2.91. The number of aromatic nitrogens is 2. The first kappa shape index (κ1) is 19.3. The van der Waals surface area contributed by atoms with Crippen LogP contribution in [-0.2, 0) is 11.8 Å². The molecule has 2 heterocycles. The minimum absolute atomic E-state index is 0.121. The number of hydrogen-bond acceptors (Lipinski definition) is 3. The molecule has 5 rings (SSSR count). The third kappa shape index (κ3) is 3.66. The molecule has 1 aromatic heterocycles. The summed E-state index contributed by atoms with van der Waals surface area (Å²) in [5, 5.41) is 6.47. The van der Waals surface area contributed by atoms with Gasteiger partial charge in [-0.05, 0) is 42.0 Å². The highest BCUT2D eigenvalue weighted by Gasteiger charge is 2.28. The Balaban J connectivity index is 1.59. The van der Waals surface area contributed by atoms with Gasteiger partial charge in [-0.15, -0.1) is 0 Å². The van der Waals surface area contributed by atoms with Crippen LogP contribution in [0.5, 0.6) is 0 Å². The second kappa shape index (κ2) is 7.89. The number of anilines is 2. The van der Waals surface area contributed by atoms with Gasteiger partial charge in [-0.1, -0.05) is 52.3 Å². The van der Waals surface area contributed by atoms with Gasteiger partial charge in [-0.2, -0.15) is 0 Å². The van der Waals surface area contributed by atoms with Crippen molar-refractivity contribution in [2.45, 2.75) is 0 Å². The Kier molecular flexibility index (Phi) is 4.92. The van der Waals surface area contributed by atoms with Crippen molar-refractivity contribution in [3.63, 3.8) is 0 Å². The predicted molar refractivity (Wildman–Crippen MR) is 128 cm³/mol. The Labute approximate surface area is 188 Å². The number of nitrogens with one attached hydrogen (secondary N) is 2. The van der Waals surface area contributed by atoms with Gasteiger partial charge in [0.2, 0.25) is 0 Å². The number of nitrogens with zero attached hydrogens (tertiary/aromatic N) is 2. The molecular weight excluding hydrogens is 452 g/mol. The quantitative estimate of drug-likeness (QED) is 0.371. The van der Waals surface area contributed by atoms with Crippen LogP contribution in [-0.4, -0.2) is 15.5 Å². The van der Waals surface area contributed by atoms with E-state index in [1.54, 1.807) is 6.20 Å². The van der Waals surface area contributed by atoms with Crippen molar-refractivity contribution in [3.05, 3.63) is 101 Å². The second-order valence-electron chi connectivity index (χ2n) is 7.32. The molecule has 1 aliphatic heterocycles. The fourth-order valence-electron chi connectivity index (χ4n) is 3.77. The lowest BCUT2D eigenvalue weighted by molar-refractivity contribution is -0.110. The van der Waals surface area contributed by atoms with Crippen molar-refractivity contribution in [2.75, 3.05) is 10.6 Å². The number of benzene rings is 3. The molecule has 0 bridgehead atoms. The van der Waals surface area contributed by atoms with Crippen LogP contribution in [0.4, 0.5) is 11.4 Å². The van der Waals surface area contributed by atoms with Crippen molar-refractivity contribution in [1.29, 1.82) is 0 Å². The molecule has 0 saturated carbocycles. The number of carbonyl (C=O) groups is 1. The van der Waals surface area contributed by atoms with Crippen LogP contribution in [0.15, 0.2) is 89.7 Å². The summed E-state index contributed by atoms with van der Waals surface area (Å²) in [7, 11) is 1.97. The van der Waals surface area contributed by atoms with Crippen molar-refractivity contribution in [2.24, 2.45) is 7.05 Å². The van der Waals surface area contributed by atoms with Gasteiger partial charge in [0.1, 0.15) is 5.82 Å². The molecule has 0 saturated heterocycles. The maximum Gasteiger partial charge on any atom is 0.258 e. The van der Waals surface area contributed by atoms with E-state index in [1.165, 1.54) is 0 Å². The molecule has 0 atom stereocenters. The first-order valence-corrected chi connectivity index (χ1v) is 10.7. The van der Waals surface area contributed by atoms with Gasteiger partial charge in [0.25, 0.3) is 5.91 Å². The van der Waals surface area contributed by atoms with Gasteiger partial charge in [-0.25, -0.2) is 4.98 Å². The van der Waals surface area contributed by atoms with E-state index in [2.05, 4.69) is 31.5 Å². The van der Waals surface area contributed by atoms with Crippen LogP contribution in [0.3, 0.4) is 0 Å². The van der Waals surface area contributed by atoms with E-state index < -0.39 is 0 Å². The molecule has 0 fully saturated rings. The van der Waals surface area contributed by atoms with E-state index in [0.29, 0.717) is 5.57 Å². The molecule has 1 amide bonds. The van der Waals surface area contributed by atoms with Gasteiger partial charge < -0.3 is 15.2 Å². The summed E-state index contributed by atoms with van der Waals surface area (Å²) in [5.74, 6) is 0.784. The van der Waals surface area contributed by atoms with Crippen LogP contribution in [0.2, 0.25) is 0 Å². The van der Waals surface area contributed by atoms with Crippen LogP contribution in [0.1, 0.15) is 11.1 Å². The van der Waals surface area contributed by atoms with Gasteiger partial charge in [-0.3, -0.25) is 4.79 Å². The number of hydrogen-bond donors (Lipinski definition) is 2. The summed E-state index contributed by atoms with van der Waals surface area (Å²) in [6.45, 7) is 0. The third-order valence-electron chi connectivity index (χ3n) is 5.27. The van der Waals surface area contributed by atoms with Crippen molar-refractivity contribution in [3.8, 4) is 11.4 Å². The first-order chi connectivity index (χ1) is 15.1. The monoisotopic (exact) mass is 470 g/mol. The lowest BCUT2D eigenvalue weighted by Gasteiger charge is -2.15. The normalized spacial score (nSPS) is 14.2. The Morgan fingerprint density at radius 2 is 1.81 bits per heavy atom. The standard InChI is InChI=1S/C25H19BrN4O/c1-30-14-13-27-24(30)17-7-10-19(11-8-17)28-23(16-5-3-2-4-6-16)22-20-12-9-18(26)15-21(20)29-25(22)31/h2-15,28H,1H3,(H,29,31). The highest BCUT2D eigenvalue weighted by molar-refractivity contribution is 9.10. The highest BCUT2D eigenvalue weighted by Crippen LogP contribution is 2.38. The fourth-order valence-corrected chi connectivity index (χ4v) is 4.13. The Morgan fingerprint density at radius 3 is 2.52 bits per heavy atom. The van der Waals surface area contributed by atoms with E-state index >= 15 is 0 Å². The minimum atomic E-state index is -0.121. The number of amides is 1. The molecule has 4 aromatic rings. The SMILES string of the molecule is Cn1ccnc1-c1ccc(NC(=C2C(=O)Nc3cc(Br)ccc32)c2ccccc2)cc1. The first-order valence-electron chi connectivity index (χ1n) is 9.86. The summed E-state index contributed by atoms with van der Waals surface area (Å²) in [6, 6.07) is 23.8. The van der Waals surface area contributed by atoms with Gasteiger partial charge in [0, 0.05) is 40.7 Å². The molecule has 3 aromatic carbocycles. The summed E-state index contributed by atoms with van der Waals surface area (Å²) >= 11 is 3.48. The maximum atomic E-state index is 13.0. The summed E-state index contributed by atoms with van der Waals surface area (Å²) in [5.41, 5.74) is 5.93. The maximum absolute atomic E-state index is 13.0. The number of imidazole rings is 1. The highest BCUT2D eigenvalue weighted by atomic mass is 79.9. The van der Waals surface area contributed by atoms with E-state index in [0.717, 1.165) is 44.1 Å². The predicted octanol–water partition coefficient (Wildman–Crippen LogP) is 5.78. The zero-order chi connectivity index (χ0) is 21.4. The topological polar surface area (TPSA) is 59.0 Å². The largest absolute Gasteiger partial charge is 0.354 e. The molecule has 1 aliphatic rings. The Hall–Kier alpha value is -3.64. The lowest BCUT2D eigenvalue weighted by atomic mass is 10.00. The van der Waals surface area contributed by atoms with Crippen LogP contribution >= 0.6 is 15.9 Å². The summed E-state index contributed by atoms with van der Waals surface area (Å²) in [4.78, 5) is 17.4. The molecular formula is C25H19BrN4O. The molecule has 6 heteroatoms. The van der Waals surface area contributed by atoms with Gasteiger partial charge in [0.05, 0.1) is 17.0 Å². The zero-order valence-corrected chi connectivity index (χ0v) is 18.3. The minimum Gasteiger partial charge on any atom is -0.354 e. The molecule has 0 radical (unpaired) electrons. The molecule has 31 heavy (non-hydrogen) atoms. The number of fused-ring (bicyclic) bond motifs is 1. The van der Waals surface area contributed by atoms with Gasteiger partial charge in [0.15, 0.2) is 0 Å². The molecule has 2 N–H and O–H groups in total. The van der Waals surface area contributed by atoms with Crippen molar-refractivity contribution >= 4 is 44.5 Å². The number of halogens is 1. The van der Waals surface area contributed by atoms with Crippen molar-refractivity contribution in [1.82, 2.24) is 9.55 Å². The lowest BCUT2D eigenvalue weighted by Crippen LogP contribution is -2.10. The third-order valence-corrected chi connectivity index (χ3v) is 5.77. The number of carbonyl (C=O) groups excluding carboxylic acids is 1. The second-order valence-corrected chi connectivity index (χ2v) is 8.24.